The van der Waals surface area contributed by atoms with Crippen LogP contribution in [0.5, 0.6) is 0 Å². The first-order valence-electron chi connectivity index (χ1n) is 6.23. The molecule has 5 N–H and O–H groups in total. The van der Waals surface area contributed by atoms with Crippen LogP contribution in [0, 0.1) is 0 Å². The highest BCUT2D eigenvalue weighted by Crippen LogP contribution is 2.26. The molecule has 0 radical (unpaired) electrons. The first-order valence-corrected chi connectivity index (χ1v) is 6.23. The Balaban J connectivity index is 2.05. The molecule has 1 unspecified atom stereocenters. The topological polar surface area (TPSA) is 116 Å². The lowest BCUT2D eigenvalue weighted by molar-refractivity contribution is 0.0567. The van der Waals surface area contributed by atoms with Gasteiger partial charge in [-0.2, -0.15) is 0 Å². The van der Waals surface area contributed by atoms with Crippen molar-refractivity contribution in [3.8, 4) is 0 Å². The molecule has 7 nitrogen and oxygen atoms in total. The molecule has 2 aromatic rings. The minimum Gasteiger partial charge on any atom is -0.463 e. The Labute approximate surface area is 120 Å². The first-order chi connectivity index (χ1) is 10.0. The Morgan fingerprint density at radius 3 is 2.95 bits per heavy atom. The molecule has 1 aromatic heterocycles. The van der Waals surface area contributed by atoms with E-state index in [1.54, 1.807) is 36.5 Å². The van der Waals surface area contributed by atoms with Gasteiger partial charge in [0.2, 0.25) is 11.5 Å². The number of aliphatic imine (C=N–C) groups is 1. The number of hydrogen-bond acceptors (Lipinski definition) is 7. The molecule has 2 heterocycles. The molecule has 3 rings (SSSR count). The number of ether oxygens (including phenoxy) is 1. The molecule has 1 atom stereocenters. The zero-order valence-electron chi connectivity index (χ0n) is 11.3. The van der Waals surface area contributed by atoms with Gasteiger partial charge < -0.3 is 20.2 Å². The average molecular weight is 286 g/mol. The molecule has 108 valence electrons. The van der Waals surface area contributed by atoms with Crippen LogP contribution >= 0.6 is 0 Å². The minimum absolute atomic E-state index is 0.134. The van der Waals surface area contributed by atoms with Gasteiger partial charge in [-0.1, -0.05) is 0 Å². The van der Waals surface area contributed by atoms with Gasteiger partial charge in [0, 0.05) is 17.1 Å². The van der Waals surface area contributed by atoms with Gasteiger partial charge >= 0.3 is 5.97 Å². The Hall–Kier alpha value is -2.80. The monoisotopic (exact) mass is 286 g/mol. The molecule has 7 heteroatoms. The van der Waals surface area contributed by atoms with E-state index in [0.717, 1.165) is 5.39 Å². The summed E-state index contributed by atoms with van der Waals surface area (Å²) in [7, 11) is 1.30. The number of carbonyl (C=O) groups excluding carboxylic acids is 1. The lowest BCUT2D eigenvalue weighted by Gasteiger charge is -2.28. The number of amidine groups is 1. The molecule has 0 spiro atoms. The van der Waals surface area contributed by atoms with Crippen molar-refractivity contribution in [3.63, 3.8) is 0 Å². The fourth-order valence-corrected chi connectivity index (χ4v) is 2.16. The summed E-state index contributed by atoms with van der Waals surface area (Å²) in [4.78, 5) is 15.7. The number of methoxy groups -OCH3 is 1. The van der Waals surface area contributed by atoms with E-state index in [1.807, 2.05) is 0 Å². The van der Waals surface area contributed by atoms with Gasteiger partial charge in [-0.3, -0.25) is 5.73 Å². The molecule has 1 aromatic carbocycles. The molecule has 0 aliphatic carbocycles. The van der Waals surface area contributed by atoms with E-state index in [-0.39, 0.29) is 5.76 Å². The van der Waals surface area contributed by atoms with E-state index < -0.39 is 11.8 Å². The highest BCUT2D eigenvalue weighted by Gasteiger charge is 2.28. The second kappa shape index (κ2) is 4.64. The largest absolute Gasteiger partial charge is 0.463 e. The van der Waals surface area contributed by atoms with Crippen LogP contribution in [-0.4, -0.2) is 18.9 Å². The van der Waals surface area contributed by atoms with Crippen LogP contribution in [0.1, 0.15) is 16.1 Å². The fourth-order valence-electron chi connectivity index (χ4n) is 2.16. The molecule has 0 amide bonds. The van der Waals surface area contributed by atoms with Gasteiger partial charge in [0.25, 0.3) is 0 Å². The number of benzene rings is 1. The Bertz CT molecular complexity index is 778. The number of esters is 1. The van der Waals surface area contributed by atoms with E-state index in [1.165, 1.54) is 7.11 Å². The number of furan rings is 1. The third-order valence-electron chi connectivity index (χ3n) is 3.21. The van der Waals surface area contributed by atoms with E-state index in [2.05, 4.69) is 15.0 Å². The van der Waals surface area contributed by atoms with Crippen molar-refractivity contribution in [2.75, 3.05) is 7.11 Å². The number of rotatable bonds is 2. The summed E-state index contributed by atoms with van der Waals surface area (Å²) in [6.07, 6.45) is 3.26. The molecule has 1 aliphatic heterocycles. The predicted octanol–water partition coefficient (Wildman–Crippen LogP) is 0.762. The van der Waals surface area contributed by atoms with E-state index in [4.69, 9.17) is 15.9 Å². The number of nitrogens with one attached hydrogen (secondary N) is 1. The third kappa shape index (κ3) is 2.23. The molecule has 0 saturated carbocycles. The number of hydrogen-bond donors (Lipinski definition) is 3. The van der Waals surface area contributed by atoms with Crippen LogP contribution < -0.4 is 16.8 Å². The summed E-state index contributed by atoms with van der Waals surface area (Å²) >= 11 is 0. The summed E-state index contributed by atoms with van der Waals surface area (Å²) in [6, 6.07) is 6.86. The summed E-state index contributed by atoms with van der Waals surface area (Å²) < 4.78 is 10.0. The Kier molecular flexibility index (Phi) is 2.91. The second-order valence-corrected chi connectivity index (χ2v) is 4.64. The van der Waals surface area contributed by atoms with Crippen LogP contribution in [-0.2, 0) is 10.5 Å². The van der Waals surface area contributed by atoms with Crippen molar-refractivity contribution in [2.45, 2.75) is 5.79 Å². The smallest absolute Gasteiger partial charge is 0.373 e. The average Bonchev–Trinajstić information content (AvgIpc) is 2.89. The summed E-state index contributed by atoms with van der Waals surface area (Å²) in [5, 5.41) is 3.68. The Morgan fingerprint density at radius 2 is 2.24 bits per heavy atom. The van der Waals surface area contributed by atoms with Crippen molar-refractivity contribution in [3.05, 3.63) is 47.9 Å². The third-order valence-corrected chi connectivity index (χ3v) is 3.21. The minimum atomic E-state index is -1.14. The van der Waals surface area contributed by atoms with Gasteiger partial charge in [0.05, 0.1) is 7.11 Å². The standard InChI is InChI=1S/C14H14N4O3/c1-20-13(19)11-7-8-6-9(2-3-10(8)21-11)14(16)17-5-4-12(15)18-14/h2-7,17H,16H2,1H3,(H2,15,18). The van der Waals surface area contributed by atoms with Crippen molar-refractivity contribution >= 4 is 22.8 Å². The maximum atomic E-state index is 11.5. The predicted molar refractivity (Wildman–Crippen MR) is 77.3 cm³/mol. The highest BCUT2D eigenvalue weighted by molar-refractivity contribution is 5.93. The quantitative estimate of drug-likeness (QED) is 0.702. The van der Waals surface area contributed by atoms with Gasteiger partial charge in [-0.15, -0.1) is 0 Å². The molecule has 0 saturated heterocycles. The number of fused-ring (bicyclic) bond motifs is 1. The number of nitrogens with zero attached hydrogens (tertiary/aromatic N) is 1. The fraction of sp³-hybridized carbons (Fsp3) is 0.143. The maximum Gasteiger partial charge on any atom is 0.373 e. The van der Waals surface area contributed by atoms with Crippen molar-refractivity contribution in [2.24, 2.45) is 16.5 Å². The molecular weight excluding hydrogens is 272 g/mol. The van der Waals surface area contributed by atoms with E-state index in [0.29, 0.717) is 17.0 Å². The molecule has 0 bridgehead atoms. The number of carbonyl (C=O) groups is 1. The highest BCUT2D eigenvalue weighted by atomic mass is 16.5. The van der Waals surface area contributed by atoms with Crippen LogP contribution in [0.15, 0.2) is 46.0 Å². The van der Waals surface area contributed by atoms with Crippen LogP contribution in [0.25, 0.3) is 11.0 Å². The summed E-state index contributed by atoms with van der Waals surface area (Å²) in [6.45, 7) is 0. The zero-order valence-corrected chi connectivity index (χ0v) is 11.3. The van der Waals surface area contributed by atoms with E-state index >= 15 is 0 Å². The lowest BCUT2D eigenvalue weighted by atomic mass is 10.1. The summed E-state index contributed by atoms with van der Waals surface area (Å²) in [5.41, 5.74) is 13.1. The van der Waals surface area contributed by atoms with Gasteiger partial charge in [0.1, 0.15) is 11.4 Å². The molecule has 0 fully saturated rings. The van der Waals surface area contributed by atoms with Crippen molar-refractivity contribution in [1.29, 1.82) is 0 Å². The maximum absolute atomic E-state index is 11.5. The van der Waals surface area contributed by atoms with Gasteiger partial charge in [0.15, 0.2) is 0 Å². The van der Waals surface area contributed by atoms with Crippen molar-refractivity contribution in [1.82, 2.24) is 5.32 Å². The zero-order chi connectivity index (χ0) is 15.0. The lowest BCUT2D eigenvalue weighted by Crippen LogP contribution is -2.49. The normalized spacial score (nSPS) is 21.0. The van der Waals surface area contributed by atoms with Crippen LogP contribution in [0.4, 0.5) is 0 Å². The number of nitrogens with two attached hydrogens (primary N) is 2. The Morgan fingerprint density at radius 1 is 1.43 bits per heavy atom. The van der Waals surface area contributed by atoms with Gasteiger partial charge in [-0.25, -0.2) is 9.79 Å². The van der Waals surface area contributed by atoms with Crippen molar-refractivity contribution < 1.29 is 13.9 Å². The molecular formula is C14H14N4O3. The second-order valence-electron chi connectivity index (χ2n) is 4.64. The van der Waals surface area contributed by atoms with E-state index in [9.17, 15) is 4.79 Å². The van der Waals surface area contributed by atoms with Crippen LogP contribution in [0.3, 0.4) is 0 Å². The summed E-state index contributed by atoms with van der Waals surface area (Å²) in [5.74, 6) is -1.21. The first kappa shape index (κ1) is 13.2. The van der Waals surface area contributed by atoms with Crippen LogP contribution in [0.2, 0.25) is 0 Å². The molecule has 1 aliphatic rings. The molecule has 21 heavy (non-hydrogen) atoms. The SMILES string of the molecule is COC(=O)c1cc2cc(C3(N)N=C(N)C=CN3)ccc2o1. The van der Waals surface area contributed by atoms with Gasteiger partial charge in [-0.05, 0) is 30.3 Å².